The van der Waals surface area contributed by atoms with E-state index in [0.717, 1.165) is 6.54 Å². The summed E-state index contributed by atoms with van der Waals surface area (Å²) in [6.45, 7) is 10.1. The van der Waals surface area contributed by atoms with E-state index in [1.54, 1.807) is 0 Å². The van der Waals surface area contributed by atoms with Gasteiger partial charge in [-0.25, -0.2) is 0 Å². The molecule has 0 fully saturated rings. The van der Waals surface area contributed by atoms with Gasteiger partial charge in [0, 0.05) is 18.6 Å². The van der Waals surface area contributed by atoms with Crippen LogP contribution in [-0.4, -0.2) is 31.6 Å². The molecular weight excluding hydrogens is 220 g/mol. The molecule has 2 nitrogen and oxygen atoms in total. The van der Waals surface area contributed by atoms with Crippen molar-refractivity contribution in [1.29, 1.82) is 0 Å². The molecule has 0 saturated heterocycles. The van der Waals surface area contributed by atoms with E-state index in [-0.39, 0.29) is 0 Å². The van der Waals surface area contributed by atoms with E-state index in [2.05, 4.69) is 69.2 Å². The Labute approximate surface area is 112 Å². The molecule has 0 saturated carbocycles. The van der Waals surface area contributed by atoms with Crippen LogP contribution in [0.2, 0.25) is 0 Å². The van der Waals surface area contributed by atoms with E-state index in [1.165, 1.54) is 11.1 Å². The highest BCUT2D eigenvalue weighted by Gasteiger charge is 2.18. The normalized spacial score (nSPS) is 15.1. The van der Waals surface area contributed by atoms with Gasteiger partial charge in [-0.05, 0) is 45.0 Å². The first-order valence-electron chi connectivity index (χ1n) is 6.90. The van der Waals surface area contributed by atoms with Crippen molar-refractivity contribution in [2.24, 2.45) is 5.92 Å². The molecule has 1 aromatic rings. The Kier molecular flexibility index (Phi) is 5.83. The molecule has 0 aromatic heterocycles. The number of hydrogen-bond acceptors (Lipinski definition) is 2. The summed E-state index contributed by atoms with van der Waals surface area (Å²) in [6.07, 6.45) is 0. The third kappa shape index (κ3) is 3.82. The summed E-state index contributed by atoms with van der Waals surface area (Å²) < 4.78 is 0. The summed E-state index contributed by atoms with van der Waals surface area (Å²) in [5.41, 5.74) is 2.77. The minimum Gasteiger partial charge on any atom is -0.312 e. The van der Waals surface area contributed by atoms with Crippen molar-refractivity contribution < 1.29 is 0 Å². The number of hydrogen-bond donors (Lipinski definition) is 1. The summed E-state index contributed by atoms with van der Waals surface area (Å²) in [5, 5.41) is 3.44. The van der Waals surface area contributed by atoms with E-state index >= 15 is 0 Å². The molecule has 0 amide bonds. The molecule has 0 heterocycles. The van der Waals surface area contributed by atoms with Crippen LogP contribution in [0.5, 0.6) is 0 Å². The van der Waals surface area contributed by atoms with E-state index in [9.17, 15) is 0 Å². The highest BCUT2D eigenvalue weighted by Crippen LogP contribution is 2.19. The average molecular weight is 248 g/mol. The summed E-state index contributed by atoms with van der Waals surface area (Å²) in [4.78, 5) is 2.44. The first kappa shape index (κ1) is 15.2. The molecule has 0 aliphatic rings. The molecule has 0 aliphatic carbocycles. The Hall–Kier alpha value is -0.860. The van der Waals surface area contributed by atoms with Gasteiger partial charge in [0.15, 0.2) is 0 Å². The molecule has 102 valence electrons. The fourth-order valence-electron chi connectivity index (χ4n) is 2.29. The second-order valence-corrected chi connectivity index (χ2v) is 5.62. The summed E-state index contributed by atoms with van der Waals surface area (Å²) >= 11 is 0. The Bertz CT molecular complexity index is 360. The lowest BCUT2D eigenvalue weighted by Crippen LogP contribution is -2.39. The SMILES string of the molecule is CNC(CN(C)C(C)C(C)C)c1ccccc1C. The van der Waals surface area contributed by atoms with Crippen LogP contribution in [0.4, 0.5) is 0 Å². The van der Waals surface area contributed by atoms with Gasteiger partial charge in [-0.15, -0.1) is 0 Å². The van der Waals surface area contributed by atoms with Crippen molar-refractivity contribution >= 4 is 0 Å². The number of nitrogens with zero attached hydrogens (tertiary/aromatic N) is 1. The fraction of sp³-hybridized carbons (Fsp3) is 0.625. The van der Waals surface area contributed by atoms with Crippen molar-refractivity contribution in [3.8, 4) is 0 Å². The summed E-state index contributed by atoms with van der Waals surface area (Å²) in [6, 6.07) is 9.64. The van der Waals surface area contributed by atoms with Gasteiger partial charge in [-0.1, -0.05) is 38.1 Å². The van der Waals surface area contributed by atoms with Gasteiger partial charge in [0.1, 0.15) is 0 Å². The first-order valence-corrected chi connectivity index (χ1v) is 6.90. The standard InChI is InChI=1S/C16H28N2/c1-12(2)14(4)18(6)11-16(17-5)15-10-8-7-9-13(15)3/h7-10,12,14,16-17H,11H2,1-6H3. The van der Waals surface area contributed by atoms with Crippen LogP contribution < -0.4 is 5.32 Å². The minimum absolute atomic E-state index is 0.400. The van der Waals surface area contributed by atoms with E-state index in [0.29, 0.717) is 18.0 Å². The molecule has 2 heteroatoms. The van der Waals surface area contributed by atoms with Crippen LogP contribution in [0.15, 0.2) is 24.3 Å². The zero-order valence-corrected chi connectivity index (χ0v) is 12.7. The van der Waals surface area contributed by atoms with E-state index in [1.807, 2.05) is 7.05 Å². The highest BCUT2D eigenvalue weighted by molar-refractivity contribution is 5.28. The zero-order chi connectivity index (χ0) is 13.7. The van der Waals surface area contributed by atoms with E-state index < -0.39 is 0 Å². The molecule has 18 heavy (non-hydrogen) atoms. The topological polar surface area (TPSA) is 15.3 Å². The molecule has 0 radical (unpaired) electrons. The number of rotatable bonds is 6. The van der Waals surface area contributed by atoms with Crippen molar-refractivity contribution in [2.75, 3.05) is 20.6 Å². The number of benzene rings is 1. The Morgan fingerprint density at radius 1 is 1.17 bits per heavy atom. The number of nitrogens with one attached hydrogen (secondary N) is 1. The third-order valence-corrected chi connectivity index (χ3v) is 4.04. The van der Waals surface area contributed by atoms with Crippen molar-refractivity contribution in [3.05, 3.63) is 35.4 Å². The van der Waals surface area contributed by atoms with Crippen LogP contribution in [0.3, 0.4) is 0 Å². The second-order valence-electron chi connectivity index (χ2n) is 5.62. The van der Waals surface area contributed by atoms with Gasteiger partial charge in [-0.3, -0.25) is 0 Å². The average Bonchev–Trinajstić information content (AvgIpc) is 2.35. The molecule has 1 N–H and O–H groups in total. The van der Waals surface area contributed by atoms with Gasteiger partial charge in [0.2, 0.25) is 0 Å². The van der Waals surface area contributed by atoms with Gasteiger partial charge in [0.25, 0.3) is 0 Å². The Morgan fingerprint density at radius 2 is 1.78 bits per heavy atom. The molecule has 2 unspecified atom stereocenters. The van der Waals surface area contributed by atoms with Crippen LogP contribution in [0.1, 0.15) is 37.9 Å². The van der Waals surface area contributed by atoms with Crippen LogP contribution in [0, 0.1) is 12.8 Å². The lowest BCUT2D eigenvalue weighted by molar-refractivity contribution is 0.190. The summed E-state index contributed by atoms with van der Waals surface area (Å²) in [7, 11) is 4.26. The summed E-state index contributed by atoms with van der Waals surface area (Å²) in [5.74, 6) is 0.685. The van der Waals surface area contributed by atoms with Gasteiger partial charge >= 0.3 is 0 Å². The van der Waals surface area contributed by atoms with Gasteiger partial charge in [0.05, 0.1) is 0 Å². The quantitative estimate of drug-likeness (QED) is 0.831. The molecule has 1 rings (SSSR count). The third-order valence-electron chi connectivity index (χ3n) is 4.04. The first-order chi connectivity index (χ1) is 8.47. The molecular formula is C16H28N2. The predicted molar refractivity (Wildman–Crippen MR) is 79.9 cm³/mol. The molecule has 0 spiro atoms. The minimum atomic E-state index is 0.400. The second kappa shape index (κ2) is 6.91. The van der Waals surface area contributed by atoms with Crippen LogP contribution in [0.25, 0.3) is 0 Å². The Morgan fingerprint density at radius 3 is 2.28 bits per heavy atom. The maximum atomic E-state index is 3.44. The van der Waals surface area contributed by atoms with E-state index in [4.69, 9.17) is 0 Å². The van der Waals surface area contributed by atoms with Crippen LogP contribution >= 0.6 is 0 Å². The smallest absolute Gasteiger partial charge is 0.0449 e. The predicted octanol–water partition coefficient (Wildman–Crippen LogP) is 3.23. The molecule has 1 aromatic carbocycles. The van der Waals surface area contributed by atoms with Gasteiger partial charge < -0.3 is 10.2 Å². The fourth-order valence-corrected chi connectivity index (χ4v) is 2.29. The lowest BCUT2D eigenvalue weighted by Gasteiger charge is -2.32. The molecule has 2 atom stereocenters. The zero-order valence-electron chi connectivity index (χ0n) is 12.7. The molecule has 0 bridgehead atoms. The number of likely N-dealkylation sites (N-methyl/N-ethyl adjacent to an activating group) is 2. The Balaban J connectivity index is 2.77. The highest BCUT2D eigenvalue weighted by atomic mass is 15.1. The van der Waals surface area contributed by atoms with Crippen molar-refractivity contribution in [3.63, 3.8) is 0 Å². The molecule has 0 aliphatic heterocycles. The van der Waals surface area contributed by atoms with Gasteiger partial charge in [-0.2, -0.15) is 0 Å². The maximum Gasteiger partial charge on any atom is 0.0449 e. The lowest BCUT2D eigenvalue weighted by atomic mass is 9.99. The van der Waals surface area contributed by atoms with Crippen molar-refractivity contribution in [1.82, 2.24) is 10.2 Å². The monoisotopic (exact) mass is 248 g/mol. The largest absolute Gasteiger partial charge is 0.312 e. The number of aryl methyl sites for hydroxylation is 1. The van der Waals surface area contributed by atoms with Crippen LogP contribution in [-0.2, 0) is 0 Å². The van der Waals surface area contributed by atoms with Crippen molar-refractivity contribution in [2.45, 2.75) is 39.8 Å². The maximum absolute atomic E-state index is 3.44.